The van der Waals surface area contributed by atoms with Crippen LogP contribution in [0.2, 0.25) is 0 Å². The van der Waals surface area contributed by atoms with E-state index in [4.69, 9.17) is 4.74 Å². The number of thioether (sulfide) groups is 1. The standard InChI is InChI=1S/C12H26N2O2S/c1-12(2,10-14(5)7-8-16-6)17-9-11(15)13(3)4/h7-10H2,1-6H3. The lowest BCUT2D eigenvalue weighted by atomic mass is 10.2. The smallest absolute Gasteiger partial charge is 0.232 e. The zero-order chi connectivity index (χ0) is 13.5. The molecule has 0 fully saturated rings. The summed E-state index contributed by atoms with van der Waals surface area (Å²) in [6.07, 6.45) is 0. The van der Waals surface area contributed by atoms with Crippen molar-refractivity contribution in [3.63, 3.8) is 0 Å². The van der Waals surface area contributed by atoms with Crippen LogP contribution >= 0.6 is 11.8 Å². The summed E-state index contributed by atoms with van der Waals surface area (Å²) in [5, 5.41) is 0. The maximum absolute atomic E-state index is 11.5. The number of methoxy groups -OCH3 is 1. The van der Waals surface area contributed by atoms with E-state index in [0.29, 0.717) is 5.75 Å². The minimum absolute atomic E-state index is 0.0775. The molecule has 17 heavy (non-hydrogen) atoms. The first-order valence-electron chi connectivity index (χ1n) is 5.80. The van der Waals surface area contributed by atoms with E-state index in [1.165, 1.54) is 0 Å². The number of carbonyl (C=O) groups excluding carboxylic acids is 1. The van der Waals surface area contributed by atoms with Crippen molar-refractivity contribution in [3.05, 3.63) is 0 Å². The zero-order valence-corrected chi connectivity index (χ0v) is 12.8. The van der Waals surface area contributed by atoms with Gasteiger partial charge in [-0.05, 0) is 20.9 Å². The molecule has 0 bridgehead atoms. The van der Waals surface area contributed by atoms with E-state index in [2.05, 4.69) is 25.8 Å². The molecular formula is C12H26N2O2S. The highest BCUT2D eigenvalue weighted by Gasteiger charge is 2.22. The van der Waals surface area contributed by atoms with Crippen LogP contribution in [0.5, 0.6) is 0 Å². The van der Waals surface area contributed by atoms with Crippen molar-refractivity contribution >= 4 is 17.7 Å². The van der Waals surface area contributed by atoms with Crippen LogP contribution in [0.3, 0.4) is 0 Å². The van der Waals surface area contributed by atoms with Crippen LogP contribution in [0.1, 0.15) is 13.8 Å². The largest absolute Gasteiger partial charge is 0.383 e. The van der Waals surface area contributed by atoms with Gasteiger partial charge in [-0.2, -0.15) is 0 Å². The van der Waals surface area contributed by atoms with Crippen molar-refractivity contribution in [1.29, 1.82) is 0 Å². The summed E-state index contributed by atoms with van der Waals surface area (Å²) in [4.78, 5) is 15.4. The Morgan fingerprint density at radius 3 is 2.35 bits per heavy atom. The summed E-state index contributed by atoms with van der Waals surface area (Å²) in [6.45, 7) is 6.95. The summed E-state index contributed by atoms with van der Waals surface area (Å²) in [7, 11) is 7.37. The molecule has 0 spiro atoms. The van der Waals surface area contributed by atoms with Crippen molar-refractivity contribution in [2.75, 3.05) is 53.7 Å². The average molecular weight is 262 g/mol. The van der Waals surface area contributed by atoms with Gasteiger partial charge in [-0.25, -0.2) is 0 Å². The zero-order valence-electron chi connectivity index (χ0n) is 11.9. The van der Waals surface area contributed by atoms with Crippen LogP contribution in [-0.4, -0.2) is 74.2 Å². The molecule has 0 aliphatic rings. The molecule has 0 aromatic carbocycles. The highest BCUT2D eigenvalue weighted by molar-refractivity contribution is 8.01. The van der Waals surface area contributed by atoms with Gasteiger partial charge in [0.25, 0.3) is 0 Å². The Hall–Kier alpha value is -0.260. The van der Waals surface area contributed by atoms with E-state index in [9.17, 15) is 4.79 Å². The second kappa shape index (κ2) is 7.95. The fourth-order valence-corrected chi connectivity index (χ4v) is 2.49. The van der Waals surface area contributed by atoms with Gasteiger partial charge in [-0.15, -0.1) is 11.8 Å². The van der Waals surface area contributed by atoms with Gasteiger partial charge >= 0.3 is 0 Å². The summed E-state index contributed by atoms with van der Waals surface area (Å²) < 4.78 is 5.12. The van der Waals surface area contributed by atoms with Crippen LogP contribution < -0.4 is 0 Å². The summed E-state index contributed by atoms with van der Waals surface area (Å²) >= 11 is 1.70. The average Bonchev–Trinajstić information content (AvgIpc) is 2.22. The Kier molecular flexibility index (Phi) is 7.83. The summed E-state index contributed by atoms with van der Waals surface area (Å²) in [5.74, 6) is 0.709. The molecule has 0 saturated heterocycles. The molecule has 0 aromatic heterocycles. The maximum atomic E-state index is 11.5. The van der Waals surface area contributed by atoms with Gasteiger partial charge in [-0.3, -0.25) is 4.79 Å². The van der Waals surface area contributed by atoms with E-state index in [-0.39, 0.29) is 10.7 Å². The Morgan fingerprint density at radius 1 is 1.29 bits per heavy atom. The molecule has 0 rings (SSSR count). The molecule has 5 heteroatoms. The molecule has 0 unspecified atom stereocenters. The Labute approximate surface area is 110 Å². The molecule has 102 valence electrons. The first-order chi connectivity index (χ1) is 7.78. The molecule has 0 N–H and O–H groups in total. The fraction of sp³-hybridized carbons (Fsp3) is 0.917. The first kappa shape index (κ1) is 16.7. The number of nitrogens with zero attached hydrogens (tertiary/aromatic N) is 2. The topological polar surface area (TPSA) is 32.8 Å². The molecule has 0 saturated carbocycles. The lowest BCUT2D eigenvalue weighted by Crippen LogP contribution is -2.37. The third-order valence-corrected chi connectivity index (χ3v) is 3.71. The highest BCUT2D eigenvalue weighted by Crippen LogP contribution is 2.25. The molecule has 0 radical (unpaired) electrons. The van der Waals surface area contributed by atoms with E-state index in [0.717, 1.165) is 19.7 Å². The predicted octanol–water partition coefficient (Wildman–Crippen LogP) is 1.16. The molecule has 4 nitrogen and oxygen atoms in total. The van der Waals surface area contributed by atoms with Crippen LogP contribution in [0.25, 0.3) is 0 Å². The van der Waals surface area contributed by atoms with Crippen LogP contribution in [0, 0.1) is 0 Å². The molecule has 0 aliphatic heterocycles. The lowest BCUT2D eigenvalue weighted by Gasteiger charge is -2.29. The van der Waals surface area contributed by atoms with Crippen molar-refractivity contribution in [3.8, 4) is 0 Å². The van der Waals surface area contributed by atoms with E-state index in [1.807, 2.05) is 0 Å². The second-order valence-electron chi connectivity index (χ2n) is 5.07. The number of amides is 1. The second-order valence-corrected chi connectivity index (χ2v) is 6.75. The summed E-state index contributed by atoms with van der Waals surface area (Å²) in [5.41, 5.74) is 0. The van der Waals surface area contributed by atoms with Crippen LogP contribution in [0.15, 0.2) is 0 Å². The van der Waals surface area contributed by atoms with Crippen molar-refractivity contribution < 1.29 is 9.53 Å². The van der Waals surface area contributed by atoms with Crippen molar-refractivity contribution in [2.24, 2.45) is 0 Å². The third-order valence-electron chi connectivity index (χ3n) is 2.41. The summed E-state index contributed by atoms with van der Waals surface area (Å²) in [6, 6.07) is 0. The van der Waals surface area contributed by atoms with Gasteiger partial charge in [0.1, 0.15) is 0 Å². The molecule has 0 heterocycles. The third kappa shape index (κ3) is 8.46. The number of carbonyl (C=O) groups is 1. The minimum atomic E-state index is 0.0775. The molecular weight excluding hydrogens is 236 g/mol. The lowest BCUT2D eigenvalue weighted by molar-refractivity contribution is -0.125. The fourth-order valence-electron chi connectivity index (χ4n) is 1.41. The molecule has 0 aliphatic carbocycles. The van der Waals surface area contributed by atoms with Gasteiger partial charge in [0.15, 0.2) is 0 Å². The van der Waals surface area contributed by atoms with Gasteiger partial charge in [-0.1, -0.05) is 0 Å². The first-order valence-corrected chi connectivity index (χ1v) is 6.78. The van der Waals surface area contributed by atoms with Crippen LogP contribution in [0.4, 0.5) is 0 Å². The molecule has 1 amide bonds. The Morgan fingerprint density at radius 2 is 1.88 bits per heavy atom. The SMILES string of the molecule is COCCN(C)CC(C)(C)SCC(=O)N(C)C. The van der Waals surface area contributed by atoms with Gasteiger partial charge < -0.3 is 14.5 Å². The Bertz CT molecular complexity index is 233. The number of rotatable bonds is 8. The number of hydrogen-bond donors (Lipinski definition) is 0. The minimum Gasteiger partial charge on any atom is -0.383 e. The highest BCUT2D eigenvalue weighted by atomic mass is 32.2. The van der Waals surface area contributed by atoms with Crippen molar-refractivity contribution in [1.82, 2.24) is 9.80 Å². The number of ether oxygens (including phenoxy) is 1. The number of likely N-dealkylation sites (N-methyl/N-ethyl adjacent to an activating group) is 1. The monoisotopic (exact) mass is 262 g/mol. The van der Waals surface area contributed by atoms with E-state index in [1.54, 1.807) is 37.9 Å². The van der Waals surface area contributed by atoms with Crippen LogP contribution in [-0.2, 0) is 9.53 Å². The van der Waals surface area contributed by atoms with Crippen molar-refractivity contribution in [2.45, 2.75) is 18.6 Å². The predicted molar refractivity (Wildman–Crippen MR) is 74.6 cm³/mol. The Balaban J connectivity index is 3.97. The molecule has 0 atom stereocenters. The normalized spacial score (nSPS) is 11.9. The van der Waals surface area contributed by atoms with Gasteiger partial charge in [0.2, 0.25) is 5.91 Å². The number of hydrogen-bond acceptors (Lipinski definition) is 4. The maximum Gasteiger partial charge on any atom is 0.232 e. The molecule has 0 aromatic rings. The van der Waals surface area contributed by atoms with E-state index >= 15 is 0 Å². The van der Waals surface area contributed by atoms with Gasteiger partial charge in [0.05, 0.1) is 12.4 Å². The quantitative estimate of drug-likeness (QED) is 0.657. The van der Waals surface area contributed by atoms with E-state index < -0.39 is 0 Å². The van der Waals surface area contributed by atoms with Gasteiger partial charge in [0, 0.05) is 39.0 Å².